The van der Waals surface area contributed by atoms with Crippen LogP contribution in [0.25, 0.3) is 0 Å². The molecule has 0 aliphatic heterocycles. The van der Waals surface area contributed by atoms with Gasteiger partial charge in [-0.1, -0.05) is 19.3 Å². The average Bonchev–Trinajstić information content (AvgIpc) is 2.75. The largest absolute Gasteiger partial charge is 0.467 e. The van der Waals surface area contributed by atoms with E-state index in [9.17, 15) is 29.1 Å². The summed E-state index contributed by atoms with van der Waals surface area (Å²) in [6, 6.07) is 0. The van der Waals surface area contributed by atoms with E-state index in [2.05, 4.69) is 9.47 Å². The molecular formula is C26H46O10. The molecule has 0 amide bonds. The molecule has 210 valence electrons. The predicted octanol–water partition coefficient (Wildman–Crippen LogP) is 3.83. The Hall–Kier alpha value is -2.49. The topological polar surface area (TPSA) is 142 Å². The molecule has 0 fully saturated rings. The Kier molecular flexibility index (Phi) is 18.6. The third-order valence-electron chi connectivity index (χ3n) is 4.37. The zero-order valence-electron chi connectivity index (χ0n) is 23.3. The molecule has 0 heterocycles. The van der Waals surface area contributed by atoms with E-state index < -0.39 is 35.0 Å². The minimum absolute atomic E-state index is 0.168. The standard InChI is InChI=1S/C13H24O5.C13H22O5/c2*1-13(2,3)18-11(15)9-7-5-6-8-10(14)12(16)17-4/h10,14H,5-9H2,1-4H3;5-9H2,1-4H3. The number of esters is 4. The number of unbranched alkanes of at least 4 members (excludes halogenated alkanes) is 4. The number of aliphatic hydroxyl groups excluding tert-OH is 1. The first kappa shape index (κ1) is 35.7. The second-order valence-electron chi connectivity index (χ2n) is 10.3. The molecule has 0 saturated carbocycles. The van der Waals surface area contributed by atoms with Gasteiger partial charge in [0.25, 0.3) is 0 Å². The van der Waals surface area contributed by atoms with E-state index in [1.807, 2.05) is 41.5 Å². The van der Waals surface area contributed by atoms with E-state index in [0.717, 1.165) is 6.42 Å². The first-order valence-corrected chi connectivity index (χ1v) is 12.3. The Morgan fingerprint density at radius 2 is 1.06 bits per heavy atom. The van der Waals surface area contributed by atoms with Crippen molar-refractivity contribution in [3.8, 4) is 0 Å². The van der Waals surface area contributed by atoms with Crippen molar-refractivity contribution < 1.29 is 48.0 Å². The number of hydrogen-bond acceptors (Lipinski definition) is 10. The summed E-state index contributed by atoms with van der Waals surface area (Å²) in [5.41, 5.74) is -0.907. The summed E-state index contributed by atoms with van der Waals surface area (Å²) in [7, 11) is 2.43. The van der Waals surface area contributed by atoms with Gasteiger partial charge in [-0.15, -0.1) is 0 Å². The number of rotatable bonds is 14. The Morgan fingerprint density at radius 3 is 1.44 bits per heavy atom. The van der Waals surface area contributed by atoms with Crippen molar-refractivity contribution in [2.24, 2.45) is 0 Å². The lowest BCUT2D eigenvalue weighted by molar-refractivity contribution is -0.156. The lowest BCUT2D eigenvalue weighted by atomic mass is 10.1. The Labute approximate surface area is 215 Å². The molecule has 0 spiro atoms. The van der Waals surface area contributed by atoms with Crippen molar-refractivity contribution in [3.05, 3.63) is 0 Å². The van der Waals surface area contributed by atoms with Crippen LogP contribution in [0.4, 0.5) is 0 Å². The van der Waals surface area contributed by atoms with E-state index in [1.54, 1.807) is 0 Å². The molecule has 10 nitrogen and oxygen atoms in total. The van der Waals surface area contributed by atoms with Crippen LogP contribution in [0.1, 0.15) is 106 Å². The van der Waals surface area contributed by atoms with Crippen LogP contribution in [-0.4, -0.2) is 66.3 Å². The number of Topliss-reactive ketones (excluding diaryl/α,β-unsaturated/α-hetero) is 1. The van der Waals surface area contributed by atoms with Gasteiger partial charge in [-0.3, -0.25) is 14.4 Å². The summed E-state index contributed by atoms with van der Waals surface area (Å²) < 4.78 is 19.0. The number of hydrogen-bond donors (Lipinski definition) is 1. The Balaban J connectivity index is 0. The fraction of sp³-hybridized carbons (Fsp3) is 0.808. The minimum atomic E-state index is -1.06. The number of ketones is 1. The van der Waals surface area contributed by atoms with Gasteiger partial charge in [0.2, 0.25) is 5.78 Å². The smallest absolute Gasteiger partial charge is 0.374 e. The summed E-state index contributed by atoms with van der Waals surface area (Å²) in [5, 5.41) is 9.31. The highest BCUT2D eigenvalue weighted by Crippen LogP contribution is 2.13. The van der Waals surface area contributed by atoms with Crippen LogP contribution >= 0.6 is 0 Å². The SMILES string of the molecule is COC(=O)C(=O)CCCCCC(=O)OC(C)(C)C.COC(=O)C(O)CCCCCC(=O)OC(C)(C)C. The lowest BCUT2D eigenvalue weighted by Gasteiger charge is -2.19. The molecular weight excluding hydrogens is 472 g/mol. The van der Waals surface area contributed by atoms with Gasteiger partial charge in [-0.2, -0.15) is 0 Å². The van der Waals surface area contributed by atoms with Gasteiger partial charge < -0.3 is 24.1 Å². The van der Waals surface area contributed by atoms with E-state index in [-0.39, 0.29) is 18.4 Å². The van der Waals surface area contributed by atoms with Gasteiger partial charge in [0, 0.05) is 19.3 Å². The van der Waals surface area contributed by atoms with E-state index >= 15 is 0 Å². The maximum atomic E-state index is 11.4. The number of ether oxygens (including phenoxy) is 4. The zero-order valence-corrected chi connectivity index (χ0v) is 23.3. The molecule has 0 aromatic rings. The fourth-order valence-corrected chi connectivity index (χ4v) is 2.77. The van der Waals surface area contributed by atoms with Crippen molar-refractivity contribution in [2.75, 3.05) is 14.2 Å². The molecule has 0 rings (SSSR count). The Morgan fingerprint density at radius 1 is 0.639 bits per heavy atom. The normalized spacial score (nSPS) is 11.9. The third kappa shape index (κ3) is 23.3. The average molecular weight is 519 g/mol. The van der Waals surface area contributed by atoms with Crippen molar-refractivity contribution >= 4 is 29.7 Å². The molecule has 0 aromatic carbocycles. The number of carbonyl (C=O) groups excluding carboxylic acids is 5. The second-order valence-corrected chi connectivity index (χ2v) is 10.3. The highest BCUT2D eigenvalue weighted by molar-refractivity contribution is 6.33. The first-order chi connectivity index (χ1) is 16.5. The van der Waals surface area contributed by atoms with Gasteiger partial charge in [0.1, 0.15) is 11.2 Å². The molecule has 0 radical (unpaired) electrons. The maximum absolute atomic E-state index is 11.4. The van der Waals surface area contributed by atoms with Gasteiger partial charge >= 0.3 is 23.9 Å². The van der Waals surface area contributed by atoms with Crippen LogP contribution in [0.3, 0.4) is 0 Å². The van der Waals surface area contributed by atoms with Crippen molar-refractivity contribution in [1.82, 2.24) is 0 Å². The number of aliphatic hydroxyl groups is 1. The molecule has 36 heavy (non-hydrogen) atoms. The summed E-state index contributed by atoms with van der Waals surface area (Å²) >= 11 is 0. The summed E-state index contributed by atoms with van der Waals surface area (Å²) in [6.45, 7) is 11.0. The molecule has 0 aromatic heterocycles. The summed E-state index contributed by atoms with van der Waals surface area (Å²) in [4.78, 5) is 55.5. The van der Waals surface area contributed by atoms with Crippen LogP contribution in [0.15, 0.2) is 0 Å². The molecule has 1 N–H and O–H groups in total. The summed E-state index contributed by atoms with van der Waals surface area (Å²) in [6.07, 6.45) is 4.27. The number of carbonyl (C=O) groups is 5. The van der Waals surface area contributed by atoms with Crippen LogP contribution in [0, 0.1) is 0 Å². The van der Waals surface area contributed by atoms with Crippen LogP contribution < -0.4 is 0 Å². The second kappa shape index (κ2) is 18.7. The Bertz CT molecular complexity index is 686. The van der Waals surface area contributed by atoms with Gasteiger partial charge in [-0.25, -0.2) is 9.59 Å². The molecule has 1 atom stereocenters. The fourth-order valence-electron chi connectivity index (χ4n) is 2.77. The van der Waals surface area contributed by atoms with Gasteiger partial charge in [0.15, 0.2) is 6.10 Å². The molecule has 0 aliphatic carbocycles. The third-order valence-corrected chi connectivity index (χ3v) is 4.37. The van der Waals surface area contributed by atoms with Crippen molar-refractivity contribution in [3.63, 3.8) is 0 Å². The van der Waals surface area contributed by atoms with Crippen LogP contribution in [-0.2, 0) is 42.9 Å². The maximum Gasteiger partial charge on any atom is 0.374 e. The monoisotopic (exact) mass is 518 g/mol. The van der Waals surface area contributed by atoms with Crippen molar-refractivity contribution in [1.29, 1.82) is 0 Å². The van der Waals surface area contributed by atoms with E-state index in [4.69, 9.17) is 9.47 Å². The number of methoxy groups -OCH3 is 2. The molecule has 0 bridgehead atoms. The molecule has 10 heteroatoms. The predicted molar refractivity (Wildman–Crippen MR) is 133 cm³/mol. The van der Waals surface area contributed by atoms with E-state index in [1.165, 1.54) is 14.2 Å². The van der Waals surface area contributed by atoms with Gasteiger partial charge in [0.05, 0.1) is 14.2 Å². The minimum Gasteiger partial charge on any atom is -0.467 e. The van der Waals surface area contributed by atoms with Gasteiger partial charge in [-0.05, 0) is 67.2 Å². The van der Waals surface area contributed by atoms with Crippen LogP contribution in [0.5, 0.6) is 0 Å². The molecule has 0 aliphatic rings. The highest BCUT2D eigenvalue weighted by atomic mass is 16.6. The van der Waals surface area contributed by atoms with Crippen LogP contribution in [0.2, 0.25) is 0 Å². The zero-order chi connectivity index (χ0) is 28.4. The molecule has 1 unspecified atom stereocenters. The van der Waals surface area contributed by atoms with E-state index in [0.29, 0.717) is 51.4 Å². The first-order valence-electron chi connectivity index (χ1n) is 12.3. The quantitative estimate of drug-likeness (QED) is 0.156. The lowest BCUT2D eigenvalue weighted by Crippen LogP contribution is -2.23. The highest BCUT2D eigenvalue weighted by Gasteiger charge is 2.18. The van der Waals surface area contributed by atoms with Crippen molar-refractivity contribution in [2.45, 2.75) is 123 Å². The molecule has 0 saturated heterocycles. The summed E-state index contributed by atoms with van der Waals surface area (Å²) in [5.74, 6) is -2.38.